The molecule has 0 unspecified atom stereocenters. The fourth-order valence-electron chi connectivity index (χ4n) is 0.561. The summed E-state index contributed by atoms with van der Waals surface area (Å²) in [5.41, 5.74) is 5.35. The highest BCUT2D eigenvalue weighted by Gasteiger charge is 1.95. The zero-order valence-electron chi connectivity index (χ0n) is 7.62. The van der Waals surface area contributed by atoms with E-state index in [0.717, 1.165) is 12.4 Å². The van der Waals surface area contributed by atoms with Crippen molar-refractivity contribution in [3.05, 3.63) is 0 Å². The largest absolute Gasteiger partial charge is 0.380 e. The van der Waals surface area contributed by atoms with Crippen LogP contribution in [0.2, 0.25) is 0 Å². The van der Waals surface area contributed by atoms with Gasteiger partial charge in [0.25, 0.3) is 0 Å². The van der Waals surface area contributed by atoms with Crippen molar-refractivity contribution in [2.24, 2.45) is 22.6 Å². The van der Waals surface area contributed by atoms with Gasteiger partial charge in [0.05, 0.1) is 6.61 Å². The molecule has 0 aliphatic carbocycles. The van der Waals surface area contributed by atoms with E-state index in [-0.39, 0.29) is 0 Å². The molecule has 0 spiro atoms. The van der Waals surface area contributed by atoms with E-state index in [0.29, 0.717) is 17.7 Å². The van der Waals surface area contributed by atoms with Crippen molar-refractivity contribution < 1.29 is 4.74 Å². The lowest BCUT2D eigenvalue weighted by Gasteiger charge is -2.05. The number of nitrogens with two attached hydrogens (primary N) is 2. The van der Waals surface area contributed by atoms with Gasteiger partial charge in [0.15, 0.2) is 5.17 Å². The molecule has 0 aliphatic heterocycles. The number of amidine groups is 1. The highest BCUT2D eigenvalue weighted by Crippen LogP contribution is 1.99. The Balaban J connectivity index is 3.11. The van der Waals surface area contributed by atoms with Crippen molar-refractivity contribution in [3.8, 4) is 0 Å². The Kier molecular flexibility index (Phi) is 6.99. The Hall–Kier alpha value is -0.420. The zero-order valence-corrected chi connectivity index (χ0v) is 8.43. The average molecular weight is 191 g/mol. The van der Waals surface area contributed by atoms with Crippen LogP contribution in [0.1, 0.15) is 13.8 Å². The predicted octanol–water partition coefficient (Wildman–Crippen LogP) is 0.581. The molecule has 0 fully saturated rings. The van der Waals surface area contributed by atoms with E-state index in [1.54, 1.807) is 0 Å². The molecule has 5 heteroatoms. The molecule has 0 rings (SSSR count). The molecule has 0 radical (unpaired) electrons. The molecule has 0 aromatic rings. The van der Waals surface area contributed by atoms with Crippen molar-refractivity contribution in [3.63, 3.8) is 0 Å². The zero-order chi connectivity index (χ0) is 9.40. The fraction of sp³-hybridized carbons (Fsp3) is 0.857. The second-order valence-electron chi connectivity index (χ2n) is 2.78. The van der Waals surface area contributed by atoms with Crippen LogP contribution in [0, 0.1) is 5.92 Å². The Morgan fingerprint density at radius 3 is 2.75 bits per heavy atom. The monoisotopic (exact) mass is 191 g/mol. The van der Waals surface area contributed by atoms with Crippen molar-refractivity contribution in [1.29, 1.82) is 0 Å². The van der Waals surface area contributed by atoms with Gasteiger partial charge in [0.2, 0.25) is 0 Å². The van der Waals surface area contributed by atoms with Crippen LogP contribution in [0.25, 0.3) is 0 Å². The molecule has 0 aromatic carbocycles. The van der Waals surface area contributed by atoms with Gasteiger partial charge in [-0.3, -0.25) is 0 Å². The van der Waals surface area contributed by atoms with Gasteiger partial charge in [-0.15, -0.1) is 0 Å². The SMILES string of the molecule is CC(C)COCCSC(N)=NN. The van der Waals surface area contributed by atoms with Crippen LogP contribution >= 0.6 is 11.8 Å². The highest BCUT2D eigenvalue weighted by molar-refractivity contribution is 8.13. The molecule has 0 heterocycles. The minimum absolute atomic E-state index is 0.406. The molecular formula is C7H17N3OS. The van der Waals surface area contributed by atoms with E-state index in [9.17, 15) is 0 Å². The van der Waals surface area contributed by atoms with Gasteiger partial charge in [-0.25, -0.2) is 0 Å². The summed E-state index contributed by atoms with van der Waals surface area (Å²) in [5, 5.41) is 3.73. The maximum absolute atomic E-state index is 5.35. The molecular weight excluding hydrogens is 174 g/mol. The van der Waals surface area contributed by atoms with E-state index in [1.165, 1.54) is 11.8 Å². The summed E-state index contributed by atoms with van der Waals surface area (Å²) in [6.07, 6.45) is 0. The first-order chi connectivity index (χ1) is 5.66. The van der Waals surface area contributed by atoms with E-state index in [2.05, 4.69) is 18.9 Å². The molecule has 72 valence electrons. The van der Waals surface area contributed by atoms with Crippen LogP contribution in [0.5, 0.6) is 0 Å². The lowest BCUT2D eigenvalue weighted by molar-refractivity contribution is 0.124. The van der Waals surface area contributed by atoms with Crippen LogP contribution in [0.3, 0.4) is 0 Å². The van der Waals surface area contributed by atoms with Gasteiger partial charge >= 0.3 is 0 Å². The average Bonchev–Trinajstić information content (AvgIpc) is 2.03. The molecule has 4 N–H and O–H groups in total. The quantitative estimate of drug-likeness (QED) is 0.219. The van der Waals surface area contributed by atoms with Crippen LogP contribution in [0.4, 0.5) is 0 Å². The second-order valence-corrected chi connectivity index (χ2v) is 3.90. The van der Waals surface area contributed by atoms with E-state index < -0.39 is 0 Å². The summed E-state index contributed by atoms with van der Waals surface area (Å²) in [5.74, 6) is 6.32. The summed E-state index contributed by atoms with van der Waals surface area (Å²) in [7, 11) is 0. The topological polar surface area (TPSA) is 73.6 Å². The summed E-state index contributed by atoms with van der Waals surface area (Å²) >= 11 is 1.41. The van der Waals surface area contributed by atoms with Gasteiger partial charge < -0.3 is 16.3 Å². The number of hydrogen-bond acceptors (Lipinski definition) is 4. The third-order valence-electron chi connectivity index (χ3n) is 1.06. The maximum Gasteiger partial charge on any atom is 0.177 e. The lowest BCUT2D eigenvalue weighted by Crippen LogP contribution is -2.12. The molecule has 0 atom stereocenters. The lowest BCUT2D eigenvalue weighted by atomic mass is 10.2. The van der Waals surface area contributed by atoms with Gasteiger partial charge in [0, 0.05) is 12.4 Å². The third kappa shape index (κ3) is 7.68. The second kappa shape index (κ2) is 7.24. The number of hydrogen-bond donors (Lipinski definition) is 2. The van der Waals surface area contributed by atoms with E-state index in [4.69, 9.17) is 16.3 Å². The van der Waals surface area contributed by atoms with Crippen LogP contribution in [-0.2, 0) is 4.74 Å². The standard InChI is InChI=1S/C7H17N3OS/c1-6(2)5-11-3-4-12-7(8)10-9/h6H,3-5,9H2,1-2H3,(H2,8,10). The Bertz CT molecular complexity index is 139. The minimum atomic E-state index is 0.406. The summed E-state index contributed by atoms with van der Waals surface area (Å²) in [4.78, 5) is 0. The highest BCUT2D eigenvalue weighted by atomic mass is 32.2. The normalized spacial score (nSPS) is 12.4. The number of thioether (sulfide) groups is 1. The molecule has 0 aromatic heterocycles. The van der Waals surface area contributed by atoms with Gasteiger partial charge in [-0.2, -0.15) is 5.10 Å². The first-order valence-electron chi connectivity index (χ1n) is 3.90. The fourth-order valence-corrected chi connectivity index (χ4v) is 1.05. The number of rotatable bonds is 5. The van der Waals surface area contributed by atoms with Crippen LogP contribution < -0.4 is 11.6 Å². The van der Waals surface area contributed by atoms with Gasteiger partial charge in [-0.05, 0) is 5.92 Å². The molecule has 0 bridgehead atoms. The first-order valence-corrected chi connectivity index (χ1v) is 4.89. The molecule has 12 heavy (non-hydrogen) atoms. The maximum atomic E-state index is 5.35. The Morgan fingerprint density at radius 1 is 1.58 bits per heavy atom. The molecule has 4 nitrogen and oxygen atoms in total. The summed E-state index contributed by atoms with van der Waals surface area (Å²) in [6.45, 7) is 5.71. The minimum Gasteiger partial charge on any atom is -0.380 e. The molecule has 0 saturated carbocycles. The van der Waals surface area contributed by atoms with Crippen molar-refractivity contribution in [2.75, 3.05) is 19.0 Å². The first kappa shape index (κ1) is 11.6. The number of ether oxygens (including phenoxy) is 1. The van der Waals surface area contributed by atoms with Crippen molar-refractivity contribution >= 4 is 16.9 Å². The molecule has 0 amide bonds. The van der Waals surface area contributed by atoms with Crippen LogP contribution in [-0.4, -0.2) is 24.1 Å². The van der Waals surface area contributed by atoms with Crippen molar-refractivity contribution in [1.82, 2.24) is 0 Å². The Morgan fingerprint density at radius 2 is 2.25 bits per heavy atom. The number of nitrogens with zero attached hydrogens (tertiary/aromatic N) is 1. The number of hydrazone groups is 1. The van der Waals surface area contributed by atoms with E-state index in [1.807, 2.05) is 0 Å². The summed E-state index contributed by atoms with van der Waals surface area (Å²) in [6, 6.07) is 0. The van der Waals surface area contributed by atoms with Gasteiger partial charge in [0.1, 0.15) is 0 Å². The molecule has 0 aliphatic rings. The van der Waals surface area contributed by atoms with E-state index >= 15 is 0 Å². The van der Waals surface area contributed by atoms with Crippen LogP contribution in [0.15, 0.2) is 5.10 Å². The third-order valence-corrected chi connectivity index (χ3v) is 1.83. The summed E-state index contributed by atoms with van der Waals surface area (Å²) < 4.78 is 5.32. The predicted molar refractivity (Wildman–Crippen MR) is 53.9 cm³/mol. The van der Waals surface area contributed by atoms with Gasteiger partial charge in [-0.1, -0.05) is 25.6 Å². The Labute approximate surface area is 77.7 Å². The smallest absolute Gasteiger partial charge is 0.177 e. The molecule has 0 saturated heterocycles. The van der Waals surface area contributed by atoms with Crippen molar-refractivity contribution in [2.45, 2.75) is 13.8 Å².